The third-order valence-electron chi connectivity index (χ3n) is 4.84. The van der Waals surface area contributed by atoms with Gasteiger partial charge in [0.2, 0.25) is 0 Å². The molecule has 36 heavy (non-hydrogen) atoms. The largest absolute Gasteiger partial charge is 0.379 e. The van der Waals surface area contributed by atoms with Crippen LogP contribution in [0.15, 0.2) is 0 Å². The molecule has 0 bridgehead atoms. The van der Waals surface area contributed by atoms with Crippen molar-refractivity contribution < 1.29 is 47.0 Å². The Hall–Kier alpha value is -0.430. The summed E-state index contributed by atoms with van der Waals surface area (Å²) in [6.07, 6.45) is 7.68. The van der Waals surface area contributed by atoms with Gasteiger partial charge >= 0.3 is 0 Å². The summed E-state index contributed by atoms with van der Waals surface area (Å²) in [5, 5.41) is 0. The molecular formula is C26H53FO9. The monoisotopic (exact) mass is 528 g/mol. The minimum Gasteiger partial charge on any atom is -0.379 e. The maximum absolute atomic E-state index is 11.8. The van der Waals surface area contributed by atoms with Gasteiger partial charge in [0.05, 0.1) is 112 Å². The van der Waals surface area contributed by atoms with Crippen molar-refractivity contribution >= 4 is 0 Å². The van der Waals surface area contributed by atoms with Crippen molar-refractivity contribution in [2.75, 3.05) is 126 Å². The summed E-state index contributed by atoms with van der Waals surface area (Å²) in [4.78, 5) is 0. The fraction of sp³-hybridized carbons (Fsp3) is 1.00. The predicted molar refractivity (Wildman–Crippen MR) is 137 cm³/mol. The second-order valence-corrected chi connectivity index (χ2v) is 7.97. The maximum Gasteiger partial charge on any atom is 0.113 e. The molecule has 0 aromatic carbocycles. The molecule has 0 N–H and O–H groups in total. The Balaban J connectivity index is 3.00. The van der Waals surface area contributed by atoms with E-state index in [4.69, 9.17) is 42.6 Å². The summed E-state index contributed by atoms with van der Waals surface area (Å²) in [7, 11) is 0. The highest BCUT2D eigenvalue weighted by atomic mass is 19.1. The Bertz CT molecular complexity index is 347. The summed E-state index contributed by atoms with van der Waals surface area (Å²) in [6, 6.07) is 0. The van der Waals surface area contributed by atoms with E-state index in [2.05, 4.69) is 6.92 Å². The van der Waals surface area contributed by atoms with Crippen LogP contribution in [0.3, 0.4) is 0 Å². The topological polar surface area (TPSA) is 83.1 Å². The Morgan fingerprint density at radius 3 is 0.861 bits per heavy atom. The summed E-state index contributed by atoms with van der Waals surface area (Å²) in [5.41, 5.74) is 0. The SMILES string of the molecule is CCCCCCCCOCCOCCOCCOCCOCCOCCOCCOCCOCCF. The van der Waals surface area contributed by atoms with E-state index in [9.17, 15) is 4.39 Å². The van der Waals surface area contributed by atoms with Crippen molar-refractivity contribution in [3.05, 3.63) is 0 Å². The highest BCUT2D eigenvalue weighted by Gasteiger charge is 1.96. The molecule has 0 aliphatic rings. The van der Waals surface area contributed by atoms with Crippen molar-refractivity contribution in [1.29, 1.82) is 0 Å². The third kappa shape index (κ3) is 33.6. The molecule has 10 heteroatoms. The van der Waals surface area contributed by atoms with Gasteiger partial charge in [-0.25, -0.2) is 4.39 Å². The first-order valence-electron chi connectivity index (χ1n) is 13.7. The first-order chi connectivity index (χ1) is 17.9. The minimum absolute atomic E-state index is 0.121. The van der Waals surface area contributed by atoms with Crippen molar-refractivity contribution in [2.45, 2.75) is 45.4 Å². The average Bonchev–Trinajstić information content (AvgIpc) is 2.89. The van der Waals surface area contributed by atoms with Gasteiger partial charge in [-0.15, -0.1) is 0 Å². The lowest BCUT2D eigenvalue weighted by Gasteiger charge is -2.09. The molecule has 0 saturated heterocycles. The van der Waals surface area contributed by atoms with E-state index >= 15 is 0 Å². The number of hydrogen-bond acceptors (Lipinski definition) is 9. The van der Waals surface area contributed by atoms with Crippen molar-refractivity contribution in [2.24, 2.45) is 0 Å². The highest BCUT2D eigenvalue weighted by Crippen LogP contribution is 2.04. The second-order valence-electron chi connectivity index (χ2n) is 7.97. The fourth-order valence-corrected chi connectivity index (χ4v) is 2.90. The average molecular weight is 529 g/mol. The lowest BCUT2D eigenvalue weighted by atomic mass is 10.1. The van der Waals surface area contributed by atoms with Crippen LogP contribution in [-0.4, -0.2) is 126 Å². The minimum atomic E-state index is -0.468. The van der Waals surface area contributed by atoms with Crippen molar-refractivity contribution in [1.82, 2.24) is 0 Å². The quantitative estimate of drug-likeness (QED) is 0.119. The van der Waals surface area contributed by atoms with Crippen LogP contribution in [0.2, 0.25) is 0 Å². The molecule has 9 nitrogen and oxygen atoms in total. The number of unbranched alkanes of at least 4 members (excludes halogenated alkanes) is 5. The van der Waals surface area contributed by atoms with Crippen molar-refractivity contribution in [3.8, 4) is 0 Å². The number of alkyl halides is 1. The molecule has 0 unspecified atom stereocenters. The van der Waals surface area contributed by atoms with Crippen LogP contribution in [0.5, 0.6) is 0 Å². The Morgan fingerprint density at radius 2 is 0.556 bits per heavy atom. The van der Waals surface area contributed by atoms with Gasteiger partial charge in [0.1, 0.15) is 6.67 Å². The normalized spacial score (nSPS) is 11.5. The van der Waals surface area contributed by atoms with E-state index < -0.39 is 6.67 Å². The van der Waals surface area contributed by atoms with Crippen LogP contribution in [0.25, 0.3) is 0 Å². The molecule has 0 atom stereocenters. The molecule has 0 fully saturated rings. The Morgan fingerprint density at radius 1 is 0.306 bits per heavy atom. The van der Waals surface area contributed by atoms with E-state index in [0.29, 0.717) is 106 Å². The molecule has 0 amide bonds. The first-order valence-corrected chi connectivity index (χ1v) is 13.7. The standard InChI is InChI=1S/C26H53FO9/c1-2-3-4-5-6-7-9-28-11-13-30-15-17-32-19-21-34-23-25-36-26-24-35-22-20-33-18-16-31-14-12-29-10-8-27/h2-26H2,1H3. The molecule has 0 aliphatic carbocycles. The highest BCUT2D eigenvalue weighted by molar-refractivity contribution is 4.43. The van der Waals surface area contributed by atoms with Crippen LogP contribution >= 0.6 is 0 Å². The molecular weight excluding hydrogens is 475 g/mol. The zero-order valence-corrected chi connectivity index (χ0v) is 22.7. The van der Waals surface area contributed by atoms with Gasteiger partial charge in [-0.05, 0) is 6.42 Å². The van der Waals surface area contributed by atoms with E-state index in [1.54, 1.807) is 0 Å². The molecule has 0 radical (unpaired) electrons. The van der Waals surface area contributed by atoms with Crippen LogP contribution in [0, 0.1) is 0 Å². The van der Waals surface area contributed by atoms with Crippen LogP contribution < -0.4 is 0 Å². The van der Waals surface area contributed by atoms with Gasteiger partial charge in [-0.1, -0.05) is 39.0 Å². The second kappa shape index (κ2) is 34.6. The van der Waals surface area contributed by atoms with Crippen LogP contribution in [-0.2, 0) is 42.6 Å². The molecule has 0 saturated carbocycles. The fourth-order valence-electron chi connectivity index (χ4n) is 2.90. The zero-order chi connectivity index (χ0) is 26.0. The van der Waals surface area contributed by atoms with Crippen LogP contribution in [0.1, 0.15) is 45.4 Å². The molecule has 0 rings (SSSR count). The third-order valence-corrected chi connectivity index (χ3v) is 4.84. The summed E-state index contributed by atoms with van der Waals surface area (Å²) >= 11 is 0. The van der Waals surface area contributed by atoms with Gasteiger partial charge in [0.25, 0.3) is 0 Å². The Labute approximate surface area is 218 Å². The number of rotatable bonds is 33. The van der Waals surface area contributed by atoms with E-state index in [1.165, 1.54) is 32.1 Å². The van der Waals surface area contributed by atoms with E-state index in [0.717, 1.165) is 13.0 Å². The number of halogens is 1. The van der Waals surface area contributed by atoms with Gasteiger partial charge in [-0.3, -0.25) is 0 Å². The molecule has 0 heterocycles. The lowest BCUT2D eigenvalue weighted by Crippen LogP contribution is -2.15. The van der Waals surface area contributed by atoms with E-state index in [-0.39, 0.29) is 6.61 Å². The van der Waals surface area contributed by atoms with Crippen molar-refractivity contribution in [3.63, 3.8) is 0 Å². The van der Waals surface area contributed by atoms with Gasteiger partial charge < -0.3 is 42.6 Å². The molecule has 0 spiro atoms. The van der Waals surface area contributed by atoms with Gasteiger partial charge in [0, 0.05) is 6.61 Å². The van der Waals surface area contributed by atoms with Crippen LogP contribution in [0.4, 0.5) is 4.39 Å². The number of hydrogen-bond donors (Lipinski definition) is 0. The first kappa shape index (κ1) is 35.6. The summed E-state index contributed by atoms with van der Waals surface area (Å²) < 4.78 is 60.2. The molecule has 0 aliphatic heterocycles. The number of ether oxygens (including phenoxy) is 9. The lowest BCUT2D eigenvalue weighted by molar-refractivity contribution is -0.0252. The predicted octanol–water partition coefficient (Wildman–Crippen LogP) is 3.47. The molecule has 0 aromatic rings. The van der Waals surface area contributed by atoms with E-state index in [1.807, 2.05) is 0 Å². The Kier molecular flexibility index (Phi) is 34.2. The smallest absolute Gasteiger partial charge is 0.113 e. The maximum atomic E-state index is 11.8. The summed E-state index contributed by atoms with van der Waals surface area (Å²) in [6.45, 7) is 11.1. The van der Waals surface area contributed by atoms with Gasteiger partial charge in [0.15, 0.2) is 0 Å². The van der Waals surface area contributed by atoms with Gasteiger partial charge in [-0.2, -0.15) is 0 Å². The molecule has 218 valence electrons. The zero-order valence-electron chi connectivity index (χ0n) is 22.7. The summed E-state index contributed by atoms with van der Waals surface area (Å²) in [5.74, 6) is 0. The molecule has 0 aromatic heterocycles.